The Morgan fingerprint density at radius 3 is 1.42 bits per heavy atom. The Balaban J connectivity index is 0.00000385. The fraction of sp³-hybridized carbons (Fsp3) is 0.379. The first kappa shape index (κ1) is 28.2. The molecule has 0 saturated heterocycles. The number of hydrogen-bond acceptors (Lipinski definition) is 1. The van der Waals surface area contributed by atoms with Gasteiger partial charge in [0.25, 0.3) is 0 Å². The Bertz CT molecular complexity index is 859. The van der Waals surface area contributed by atoms with Gasteiger partial charge in [-0.3, -0.25) is 0 Å². The zero-order chi connectivity index (χ0) is 23.2. The molecule has 4 heteroatoms. The molecule has 0 amide bonds. The molecular weight excluding hydrogens is 550 g/mol. The number of halogens is 1. The van der Waals surface area contributed by atoms with Gasteiger partial charge >= 0.3 is 0 Å². The van der Waals surface area contributed by atoms with Crippen molar-refractivity contribution in [3.63, 3.8) is 0 Å². The molecule has 33 heavy (non-hydrogen) atoms. The molecule has 1 atom stereocenters. The Kier molecular flexibility index (Phi) is 10.4. The standard InChI is InChI=1S/C29H40OPSi.HI/c1-25(24-30-32(5,6)29(2,3)4)22-23-31(26-16-10-7-11-17-26,27-18-12-8-13-19-27)28-20-14-9-15-21-28;/h7-21,25H,22-24H2,1-6H3;1H/q+1;/p-1/t25-;/m0./s1. The molecule has 0 aliphatic carbocycles. The van der Waals surface area contributed by atoms with Gasteiger partial charge in [-0.25, -0.2) is 0 Å². The first-order chi connectivity index (χ1) is 15.2. The molecule has 0 spiro atoms. The molecule has 0 aliphatic heterocycles. The summed E-state index contributed by atoms with van der Waals surface area (Å²) >= 11 is 0. The molecule has 0 fully saturated rings. The van der Waals surface area contributed by atoms with E-state index in [-0.39, 0.29) is 29.0 Å². The van der Waals surface area contributed by atoms with Gasteiger partial charge in [0.15, 0.2) is 8.32 Å². The van der Waals surface area contributed by atoms with Crippen LogP contribution in [0, 0.1) is 5.92 Å². The van der Waals surface area contributed by atoms with Crippen LogP contribution in [0.1, 0.15) is 34.1 Å². The Labute approximate surface area is 220 Å². The van der Waals surface area contributed by atoms with Crippen molar-refractivity contribution in [3.8, 4) is 0 Å². The third kappa shape index (κ3) is 6.78. The van der Waals surface area contributed by atoms with Crippen molar-refractivity contribution in [3.05, 3.63) is 91.0 Å². The van der Waals surface area contributed by atoms with Gasteiger partial charge < -0.3 is 28.4 Å². The van der Waals surface area contributed by atoms with E-state index in [4.69, 9.17) is 4.43 Å². The van der Waals surface area contributed by atoms with E-state index in [0.29, 0.717) is 5.92 Å². The van der Waals surface area contributed by atoms with Gasteiger partial charge in [0.2, 0.25) is 0 Å². The van der Waals surface area contributed by atoms with Crippen molar-refractivity contribution >= 4 is 31.5 Å². The average molecular weight is 591 g/mol. The number of hydrogen-bond donors (Lipinski definition) is 0. The summed E-state index contributed by atoms with van der Waals surface area (Å²) in [6, 6.07) is 33.6. The molecule has 0 radical (unpaired) electrons. The summed E-state index contributed by atoms with van der Waals surface area (Å²) in [5, 5.41) is 4.65. The summed E-state index contributed by atoms with van der Waals surface area (Å²) in [5.41, 5.74) is 0. The van der Waals surface area contributed by atoms with Crippen LogP contribution < -0.4 is 39.9 Å². The maximum atomic E-state index is 6.59. The van der Waals surface area contributed by atoms with Crippen LogP contribution in [0.2, 0.25) is 18.1 Å². The lowest BCUT2D eigenvalue weighted by Gasteiger charge is -2.37. The Morgan fingerprint density at radius 1 is 0.727 bits per heavy atom. The fourth-order valence-electron chi connectivity index (χ4n) is 3.95. The fourth-order valence-corrected chi connectivity index (χ4v) is 9.62. The lowest BCUT2D eigenvalue weighted by Crippen LogP contribution is -3.00. The normalized spacial score (nSPS) is 13.3. The summed E-state index contributed by atoms with van der Waals surface area (Å²) in [5.74, 6) is 0.527. The van der Waals surface area contributed by atoms with Crippen LogP contribution in [0.4, 0.5) is 0 Å². The number of benzene rings is 3. The quantitative estimate of drug-likeness (QED) is 0.208. The first-order valence-electron chi connectivity index (χ1n) is 11.9. The van der Waals surface area contributed by atoms with Gasteiger partial charge in [-0.15, -0.1) is 0 Å². The number of rotatable bonds is 9. The van der Waals surface area contributed by atoms with Crippen LogP contribution in [0.5, 0.6) is 0 Å². The van der Waals surface area contributed by atoms with E-state index in [2.05, 4.69) is 132 Å². The summed E-state index contributed by atoms with van der Waals surface area (Å²) in [6.07, 6.45) is 2.31. The van der Waals surface area contributed by atoms with Crippen LogP contribution in [0.3, 0.4) is 0 Å². The Morgan fingerprint density at radius 2 is 1.09 bits per heavy atom. The molecule has 0 N–H and O–H groups in total. The predicted molar refractivity (Wildman–Crippen MR) is 147 cm³/mol. The second-order valence-corrected chi connectivity index (χ2v) is 18.9. The summed E-state index contributed by atoms with van der Waals surface area (Å²) < 4.78 is 6.59. The van der Waals surface area contributed by atoms with Crippen molar-refractivity contribution in [1.82, 2.24) is 0 Å². The summed E-state index contributed by atoms with van der Waals surface area (Å²) in [7, 11) is -3.47. The van der Waals surface area contributed by atoms with Crippen LogP contribution in [0.25, 0.3) is 0 Å². The molecular formula is C29H40IOPSi. The van der Waals surface area contributed by atoms with E-state index in [1.165, 1.54) is 15.9 Å². The van der Waals surface area contributed by atoms with Crippen molar-refractivity contribution in [2.24, 2.45) is 5.92 Å². The zero-order valence-corrected chi connectivity index (χ0v) is 25.1. The Hall–Kier alpha value is -1.00. The molecule has 0 aromatic heterocycles. The average Bonchev–Trinajstić information content (AvgIpc) is 2.79. The highest BCUT2D eigenvalue weighted by atomic mass is 127. The highest BCUT2D eigenvalue weighted by Crippen LogP contribution is 2.56. The highest BCUT2D eigenvalue weighted by molar-refractivity contribution is 7.95. The summed E-state index contributed by atoms with van der Waals surface area (Å²) in [6.45, 7) is 14.9. The van der Waals surface area contributed by atoms with E-state index in [1.54, 1.807) is 0 Å². The van der Waals surface area contributed by atoms with Crippen molar-refractivity contribution in [1.29, 1.82) is 0 Å². The van der Waals surface area contributed by atoms with Crippen LogP contribution >= 0.6 is 7.26 Å². The van der Waals surface area contributed by atoms with Crippen LogP contribution in [-0.2, 0) is 4.43 Å². The molecule has 1 nitrogen and oxygen atoms in total. The smallest absolute Gasteiger partial charge is 0.191 e. The second kappa shape index (κ2) is 12.1. The van der Waals surface area contributed by atoms with Crippen LogP contribution in [0.15, 0.2) is 91.0 Å². The van der Waals surface area contributed by atoms with Crippen molar-refractivity contribution in [2.45, 2.75) is 52.2 Å². The third-order valence-corrected chi connectivity index (χ3v) is 16.1. The molecule has 3 aromatic carbocycles. The van der Waals surface area contributed by atoms with Gasteiger partial charge in [-0.1, -0.05) is 82.3 Å². The lowest BCUT2D eigenvalue weighted by atomic mass is 10.1. The lowest BCUT2D eigenvalue weighted by molar-refractivity contribution is -0.00000755. The van der Waals surface area contributed by atoms with E-state index < -0.39 is 15.6 Å². The van der Waals surface area contributed by atoms with Gasteiger partial charge in [-0.2, -0.15) is 0 Å². The minimum absolute atomic E-state index is 0. The molecule has 0 bridgehead atoms. The van der Waals surface area contributed by atoms with Gasteiger partial charge in [-0.05, 0) is 66.9 Å². The van der Waals surface area contributed by atoms with Gasteiger partial charge in [0.1, 0.15) is 23.2 Å². The topological polar surface area (TPSA) is 9.23 Å². The molecule has 3 rings (SSSR count). The van der Waals surface area contributed by atoms with E-state index in [0.717, 1.165) is 19.2 Å². The maximum absolute atomic E-state index is 6.59. The molecule has 178 valence electrons. The minimum atomic E-state index is -1.75. The first-order valence-corrected chi connectivity index (χ1v) is 16.7. The molecule has 0 saturated carbocycles. The predicted octanol–water partition coefficient (Wildman–Crippen LogP) is 4.03. The maximum Gasteiger partial charge on any atom is 0.191 e. The SMILES string of the molecule is C[C@@H](CC[P+](c1ccccc1)(c1ccccc1)c1ccccc1)CO[Si](C)(C)C(C)(C)C.[I-]. The van der Waals surface area contributed by atoms with Crippen molar-refractivity contribution in [2.75, 3.05) is 12.8 Å². The largest absolute Gasteiger partial charge is 1.00 e. The van der Waals surface area contributed by atoms with E-state index >= 15 is 0 Å². The highest BCUT2D eigenvalue weighted by Gasteiger charge is 2.45. The molecule has 0 unspecified atom stereocenters. The second-order valence-electron chi connectivity index (χ2n) is 10.5. The van der Waals surface area contributed by atoms with Crippen molar-refractivity contribution < 1.29 is 28.4 Å². The molecule has 0 heterocycles. The zero-order valence-electron chi connectivity index (χ0n) is 21.1. The minimum Gasteiger partial charge on any atom is -1.00 e. The van der Waals surface area contributed by atoms with Gasteiger partial charge in [0, 0.05) is 6.61 Å². The van der Waals surface area contributed by atoms with E-state index in [9.17, 15) is 0 Å². The van der Waals surface area contributed by atoms with E-state index in [1.807, 2.05) is 0 Å². The van der Waals surface area contributed by atoms with Crippen LogP contribution in [-0.4, -0.2) is 21.1 Å². The monoisotopic (exact) mass is 590 g/mol. The molecule has 3 aromatic rings. The van der Waals surface area contributed by atoms with Gasteiger partial charge in [0.05, 0.1) is 6.16 Å². The third-order valence-electron chi connectivity index (χ3n) is 7.08. The molecule has 0 aliphatic rings. The summed E-state index contributed by atoms with van der Waals surface area (Å²) in [4.78, 5) is 0.